The van der Waals surface area contributed by atoms with Gasteiger partial charge in [0.15, 0.2) is 11.5 Å². The molecule has 3 aromatic carbocycles. The van der Waals surface area contributed by atoms with Crippen molar-refractivity contribution in [2.24, 2.45) is 0 Å². The Hall–Kier alpha value is -5.65. The van der Waals surface area contributed by atoms with Crippen LogP contribution in [0.2, 0.25) is 0 Å². The Bertz CT molecular complexity index is 1880. The van der Waals surface area contributed by atoms with Gasteiger partial charge in [-0.15, -0.1) is 0 Å². The maximum absolute atomic E-state index is 13.4. The van der Waals surface area contributed by atoms with Gasteiger partial charge in [-0.2, -0.15) is 0 Å². The SMILES string of the molecule is CCn1cc(OC(=O)Nc2ccc(Oc3ccnc4cc(OC)c(OC)cc34)cc2)c(=O)n(-c2ccc(F)cc2)c1=O. The number of fused-ring (bicyclic) bond motifs is 1. The molecule has 1 N–H and O–H groups in total. The lowest BCUT2D eigenvalue weighted by atomic mass is 10.2. The van der Waals surface area contributed by atoms with E-state index in [0.29, 0.717) is 39.6 Å². The molecule has 0 saturated carbocycles. The summed E-state index contributed by atoms with van der Waals surface area (Å²) in [7, 11) is 3.09. The van der Waals surface area contributed by atoms with Crippen molar-refractivity contribution in [1.82, 2.24) is 14.1 Å². The van der Waals surface area contributed by atoms with Crippen LogP contribution < -0.4 is 35.5 Å². The lowest BCUT2D eigenvalue weighted by Gasteiger charge is -2.13. The quantitative estimate of drug-likeness (QED) is 0.272. The Balaban J connectivity index is 1.33. The molecule has 214 valence electrons. The minimum absolute atomic E-state index is 0.134. The van der Waals surface area contributed by atoms with Gasteiger partial charge in [0.2, 0.25) is 5.75 Å². The number of nitrogens with one attached hydrogen (secondary N) is 1. The van der Waals surface area contributed by atoms with Gasteiger partial charge in [0.25, 0.3) is 0 Å². The van der Waals surface area contributed by atoms with Crippen LogP contribution in [0.4, 0.5) is 14.9 Å². The molecule has 2 heterocycles. The number of carbonyl (C=O) groups is 1. The van der Waals surface area contributed by atoms with Gasteiger partial charge in [0.1, 0.15) is 17.3 Å². The molecule has 0 atom stereocenters. The first kappa shape index (κ1) is 27.9. The van der Waals surface area contributed by atoms with E-state index in [9.17, 15) is 18.8 Å². The van der Waals surface area contributed by atoms with E-state index in [4.69, 9.17) is 18.9 Å². The highest BCUT2D eigenvalue weighted by molar-refractivity contribution is 5.88. The van der Waals surface area contributed by atoms with E-state index < -0.39 is 23.2 Å². The molecular formula is C30H25FN4O7. The number of halogens is 1. The van der Waals surface area contributed by atoms with Crippen molar-refractivity contribution < 1.29 is 28.1 Å². The van der Waals surface area contributed by atoms with Crippen LogP contribution in [-0.4, -0.2) is 34.4 Å². The molecule has 0 aliphatic rings. The van der Waals surface area contributed by atoms with Crippen molar-refractivity contribution in [2.45, 2.75) is 13.5 Å². The van der Waals surface area contributed by atoms with Gasteiger partial charge in [-0.25, -0.2) is 18.5 Å². The van der Waals surface area contributed by atoms with Gasteiger partial charge >= 0.3 is 17.3 Å². The summed E-state index contributed by atoms with van der Waals surface area (Å²) < 4.78 is 37.5. The van der Waals surface area contributed by atoms with Gasteiger partial charge in [0.05, 0.1) is 31.6 Å². The van der Waals surface area contributed by atoms with Crippen LogP contribution in [0, 0.1) is 5.82 Å². The van der Waals surface area contributed by atoms with E-state index in [0.717, 1.165) is 22.9 Å². The van der Waals surface area contributed by atoms with Crippen LogP contribution in [0.3, 0.4) is 0 Å². The maximum atomic E-state index is 13.4. The Kier molecular flexibility index (Phi) is 7.87. The first-order chi connectivity index (χ1) is 20.3. The van der Waals surface area contributed by atoms with Crippen LogP contribution in [0.15, 0.2) is 88.7 Å². The highest BCUT2D eigenvalue weighted by Crippen LogP contribution is 2.37. The molecule has 2 aromatic heterocycles. The number of aromatic nitrogens is 3. The van der Waals surface area contributed by atoms with E-state index in [1.807, 2.05) is 0 Å². The number of rotatable bonds is 8. The van der Waals surface area contributed by atoms with Gasteiger partial charge in [-0.1, -0.05) is 0 Å². The zero-order chi connectivity index (χ0) is 29.8. The standard InChI is InChI=1S/C30H25FN4O7/c1-4-34-17-27(28(36)35(30(34)38)20-9-5-18(31)6-10-20)42-29(37)33-19-7-11-21(12-8-19)41-24-13-14-32-23-16-26(40-3)25(39-2)15-22(23)24/h5-17H,4H2,1-3H3,(H,33,37). The number of ether oxygens (including phenoxy) is 4. The van der Waals surface area contributed by atoms with Crippen LogP contribution in [-0.2, 0) is 6.54 Å². The summed E-state index contributed by atoms with van der Waals surface area (Å²) in [6.45, 7) is 1.89. The maximum Gasteiger partial charge on any atom is 0.417 e. The fourth-order valence-electron chi connectivity index (χ4n) is 4.20. The molecule has 0 radical (unpaired) electrons. The molecule has 0 aliphatic carbocycles. The van der Waals surface area contributed by atoms with Crippen molar-refractivity contribution in [2.75, 3.05) is 19.5 Å². The van der Waals surface area contributed by atoms with E-state index >= 15 is 0 Å². The minimum Gasteiger partial charge on any atom is -0.493 e. The molecule has 0 saturated heterocycles. The third kappa shape index (κ3) is 5.63. The second kappa shape index (κ2) is 11.8. The zero-order valence-corrected chi connectivity index (χ0v) is 22.8. The number of methoxy groups -OCH3 is 2. The molecule has 42 heavy (non-hydrogen) atoms. The largest absolute Gasteiger partial charge is 0.493 e. The van der Waals surface area contributed by atoms with E-state index in [2.05, 4.69) is 10.3 Å². The topological polar surface area (TPSA) is 123 Å². The molecule has 0 spiro atoms. The number of benzene rings is 3. The summed E-state index contributed by atoms with van der Waals surface area (Å²) in [6, 6.07) is 16.5. The smallest absolute Gasteiger partial charge is 0.417 e. The molecule has 0 bridgehead atoms. The monoisotopic (exact) mass is 572 g/mol. The fourth-order valence-corrected chi connectivity index (χ4v) is 4.20. The number of aryl methyl sites for hydroxylation is 1. The molecule has 0 aliphatic heterocycles. The number of pyridine rings is 1. The Morgan fingerprint density at radius 1 is 0.905 bits per heavy atom. The molecular weight excluding hydrogens is 547 g/mol. The lowest BCUT2D eigenvalue weighted by molar-refractivity contribution is 0.214. The summed E-state index contributed by atoms with van der Waals surface area (Å²) in [4.78, 5) is 42.8. The predicted octanol–water partition coefficient (Wildman–Crippen LogP) is 5.13. The Morgan fingerprint density at radius 2 is 1.60 bits per heavy atom. The summed E-state index contributed by atoms with van der Waals surface area (Å²) >= 11 is 0. The summed E-state index contributed by atoms with van der Waals surface area (Å²) in [5, 5.41) is 3.25. The van der Waals surface area contributed by atoms with Gasteiger partial charge in [-0.05, 0) is 67.6 Å². The fraction of sp³-hybridized carbons (Fsp3) is 0.133. The molecule has 11 nitrogen and oxygen atoms in total. The van der Waals surface area contributed by atoms with Crippen LogP contribution in [0.1, 0.15) is 6.92 Å². The predicted molar refractivity (Wildman–Crippen MR) is 153 cm³/mol. The second-order valence-corrected chi connectivity index (χ2v) is 8.85. The third-order valence-electron chi connectivity index (χ3n) is 6.29. The number of hydrogen-bond donors (Lipinski definition) is 1. The number of amides is 1. The lowest BCUT2D eigenvalue weighted by Crippen LogP contribution is -2.39. The highest BCUT2D eigenvalue weighted by Gasteiger charge is 2.17. The van der Waals surface area contributed by atoms with Crippen molar-refractivity contribution in [3.63, 3.8) is 0 Å². The van der Waals surface area contributed by atoms with E-state index in [1.165, 1.54) is 16.7 Å². The number of carbonyl (C=O) groups excluding carboxylic acids is 1. The summed E-state index contributed by atoms with van der Waals surface area (Å²) in [6.07, 6.45) is 1.82. The van der Waals surface area contributed by atoms with Gasteiger partial charge in [-0.3, -0.25) is 19.7 Å². The number of anilines is 1. The van der Waals surface area contributed by atoms with Crippen molar-refractivity contribution >= 4 is 22.7 Å². The van der Waals surface area contributed by atoms with Gasteiger partial charge in [0, 0.05) is 29.9 Å². The second-order valence-electron chi connectivity index (χ2n) is 8.85. The van der Waals surface area contributed by atoms with E-state index in [1.54, 1.807) is 69.8 Å². The molecule has 0 unspecified atom stereocenters. The Labute approximate surface area is 238 Å². The highest BCUT2D eigenvalue weighted by atomic mass is 19.1. The number of nitrogens with zero attached hydrogens (tertiary/aromatic N) is 3. The zero-order valence-electron chi connectivity index (χ0n) is 22.8. The van der Waals surface area contributed by atoms with Gasteiger partial charge < -0.3 is 18.9 Å². The minimum atomic E-state index is -0.950. The van der Waals surface area contributed by atoms with E-state index in [-0.39, 0.29) is 18.0 Å². The normalized spacial score (nSPS) is 10.8. The average Bonchev–Trinajstić information content (AvgIpc) is 3.00. The van der Waals surface area contributed by atoms with Crippen molar-refractivity contribution in [3.8, 4) is 34.4 Å². The molecule has 5 aromatic rings. The number of hydrogen-bond acceptors (Lipinski definition) is 8. The van der Waals surface area contributed by atoms with Crippen LogP contribution in [0.25, 0.3) is 16.6 Å². The summed E-state index contributed by atoms with van der Waals surface area (Å²) in [5.74, 6) is 1.17. The average molecular weight is 573 g/mol. The Morgan fingerprint density at radius 3 is 2.26 bits per heavy atom. The summed E-state index contributed by atoms with van der Waals surface area (Å²) in [5.41, 5.74) is -0.374. The van der Waals surface area contributed by atoms with Crippen LogP contribution in [0.5, 0.6) is 28.7 Å². The molecule has 5 rings (SSSR count). The van der Waals surface area contributed by atoms with Crippen molar-refractivity contribution in [3.05, 3.63) is 106 Å². The first-order valence-corrected chi connectivity index (χ1v) is 12.7. The molecule has 0 fully saturated rings. The molecule has 1 amide bonds. The molecule has 12 heteroatoms. The first-order valence-electron chi connectivity index (χ1n) is 12.7. The third-order valence-corrected chi connectivity index (χ3v) is 6.29. The van der Waals surface area contributed by atoms with Crippen LogP contribution >= 0.6 is 0 Å². The van der Waals surface area contributed by atoms with Crippen molar-refractivity contribution in [1.29, 1.82) is 0 Å².